The maximum atomic E-state index is 12.6. The Morgan fingerprint density at radius 3 is 2.46 bits per heavy atom. The number of aryl methyl sites for hydroxylation is 1. The lowest BCUT2D eigenvalue weighted by Crippen LogP contribution is -2.39. The van der Waals surface area contributed by atoms with Gasteiger partial charge in [-0.3, -0.25) is 9.59 Å². The summed E-state index contributed by atoms with van der Waals surface area (Å²) < 4.78 is 16.8. The van der Waals surface area contributed by atoms with Gasteiger partial charge in [-0.2, -0.15) is 0 Å². The van der Waals surface area contributed by atoms with Crippen LogP contribution in [0.4, 0.5) is 11.4 Å². The van der Waals surface area contributed by atoms with Crippen molar-refractivity contribution in [2.75, 3.05) is 36.6 Å². The largest absolute Gasteiger partial charge is 0.494 e. The summed E-state index contributed by atoms with van der Waals surface area (Å²) in [6.45, 7) is 5.53. The Morgan fingerprint density at radius 1 is 1.00 bits per heavy atom. The van der Waals surface area contributed by atoms with Gasteiger partial charge in [-0.15, -0.1) is 0 Å². The molecule has 3 aromatic carbocycles. The standard InChI is InChI=1S/C28H30N2O5/c1-3-33-23-12-7-21(8-13-23)17-27(31)29-22-9-14-26-25(18-22)30(28(32)19-35-26)15-4-16-34-24-10-5-20(2)6-11-24/h5-14,18H,3-4,15-17,19H2,1-2H3,(H,29,31). The highest BCUT2D eigenvalue weighted by Crippen LogP contribution is 2.34. The number of fused-ring (bicyclic) bond motifs is 1. The van der Waals surface area contributed by atoms with Crippen LogP contribution in [0, 0.1) is 6.92 Å². The van der Waals surface area contributed by atoms with Gasteiger partial charge in [-0.1, -0.05) is 29.8 Å². The lowest BCUT2D eigenvalue weighted by atomic mass is 10.1. The number of benzene rings is 3. The molecule has 0 spiro atoms. The summed E-state index contributed by atoms with van der Waals surface area (Å²) in [4.78, 5) is 26.9. The van der Waals surface area contributed by atoms with Gasteiger partial charge < -0.3 is 24.4 Å². The third kappa shape index (κ3) is 6.53. The molecule has 0 aromatic heterocycles. The molecule has 0 radical (unpaired) electrons. The van der Waals surface area contributed by atoms with E-state index in [1.807, 2.05) is 62.4 Å². The molecule has 0 aliphatic carbocycles. The summed E-state index contributed by atoms with van der Waals surface area (Å²) in [6, 6.07) is 20.7. The van der Waals surface area contributed by atoms with Crippen LogP contribution in [-0.2, 0) is 16.0 Å². The summed E-state index contributed by atoms with van der Waals surface area (Å²) in [5, 5.41) is 2.92. The summed E-state index contributed by atoms with van der Waals surface area (Å²) in [6.07, 6.45) is 0.895. The molecule has 0 saturated heterocycles. The van der Waals surface area contributed by atoms with E-state index in [4.69, 9.17) is 14.2 Å². The van der Waals surface area contributed by atoms with Crippen LogP contribution in [0.5, 0.6) is 17.2 Å². The van der Waals surface area contributed by atoms with E-state index in [-0.39, 0.29) is 24.8 Å². The minimum absolute atomic E-state index is 0.00470. The first-order valence-electron chi connectivity index (χ1n) is 11.8. The van der Waals surface area contributed by atoms with Crippen molar-refractivity contribution in [2.45, 2.75) is 26.7 Å². The van der Waals surface area contributed by atoms with E-state index >= 15 is 0 Å². The van der Waals surface area contributed by atoms with Crippen LogP contribution >= 0.6 is 0 Å². The fourth-order valence-electron chi connectivity index (χ4n) is 3.83. The molecule has 4 rings (SSSR count). The second-order valence-corrected chi connectivity index (χ2v) is 8.33. The molecule has 0 fully saturated rings. The molecule has 1 aliphatic rings. The fourth-order valence-corrected chi connectivity index (χ4v) is 3.83. The SMILES string of the molecule is CCOc1ccc(CC(=O)Nc2ccc3c(c2)N(CCCOc2ccc(C)cc2)C(=O)CO3)cc1. The zero-order chi connectivity index (χ0) is 24.6. The van der Waals surface area contributed by atoms with Gasteiger partial charge in [0.1, 0.15) is 17.2 Å². The first-order chi connectivity index (χ1) is 17.0. The molecule has 7 heteroatoms. The van der Waals surface area contributed by atoms with E-state index < -0.39 is 0 Å². The van der Waals surface area contributed by atoms with Crippen molar-refractivity contribution in [1.82, 2.24) is 0 Å². The van der Waals surface area contributed by atoms with Gasteiger partial charge in [0.2, 0.25) is 5.91 Å². The Morgan fingerprint density at radius 2 is 1.71 bits per heavy atom. The van der Waals surface area contributed by atoms with E-state index in [0.29, 0.717) is 43.3 Å². The van der Waals surface area contributed by atoms with Crippen molar-refractivity contribution in [3.63, 3.8) is 0 Å². The average Bonchev–Trinajstić information content (AvgIpc) is 2.85. The second-order valence-electron chi connectivity index (χ2n) is 8.33. The van der Waals surface area contributed by atoms with E-state index in [1.54, 1.807) is 23.1 Å². The highest BCUT2D eigenvalue weighted by molar-refractivity contribution is 5.99. The predicted octanol–water partition coefficient (Wildman–Crippen LogP) is 4.77. The normalized spacial score (nSPS) is 12.5. The maximum Gasteiger partial charge on any atom is 0.265 e. The molecule has 2 amide bonds. The van der Waals surface area contributed by atoms with Crippen LogP contribution < -0.4 is 24.4 Å². The number of anilines is 2. The summed E-state index contributed by atoms with van der Waals surface area (Å²) >= 11 is 0. The Labute approximate surface area is 205 Å². The van der Waals surface area contributed by atoms with Crippen molar-refractivity contribution < 1.29 is 23.8 Å². The van der Waals surface area contributed by atoms with E-state index in [9.17, 15) is 9.59 Å². The van der Waals surface area contributed by atoms with Gasteiger partial charge in [-0.25, -0.2) is 0 Å². The van der Waals surface area contributed by atoms with Gasteiger partial charge >= 0.3 is 0 Å². The van der Waals surface area contributed by atoms with Crippen LogP contribution in [0.15, 0.2) is 66.7 Å². The number of carbonyl (C=O) groups is 2. The lowest BCUT2D eigenvalue weighted by molar-refractivity contribution is -0.121. The molecule has 3 aromatic rings. The third-order valence-corrected chi connectivity index (χ3v) is 5.60. The Bertz CT molecular complexity index is 1160. The van der Waals surface area contributed by atoms with Crippen LogP contribution in [0.2, 0.25) is 0 Å². The van der Waals surface area contributed by atoms with Gasteiger partial charge in [0, 0.05) is 12.2 Å². The Kier molecular flexibility index (Phi) is 7.88. The molecular formula is C28H30N2O5. The second kappa shape index (κ2) is 11.4. The number of carbonyl (C=O) groups excluding carboxylic acids is 2. The van der Waals surface area contributed by atoms with Crippen molar-refractivity contribution in [3.05, 3.63) is 77.9 Å². The lowest BCUT2D eigenvalue weighted by Gasteiger charge is -2.30. The maximum absolute atomic E-state index is 12.6. The first kappa shape index (κ1) is 24.1. The van der Waals surface area contributed by atoms with Crippen molar-refractivity contribution in [3.8, 4) is 17.2 Å². The molecular weight excluding hydrogens is 444 g/mol. The topological polar surface area (TPSA) is 77.1 Å². The summed E-state index contributed by atoms with van der Waals surface area (Å²) in [5.41, 5.74) is 3.32. The number of ether oxygens (including phenoxy) is 3. The fraction of sp³-hybridized carbons (Fsp3) is 0.286. The zero-order valence-electron chi connectivity index (χ0n) is 20.1. The van der Waals surface area contributed by atoms with E-state index in [1.165, 1.54) is 5.56 Å². The number of rotatable bonds is 10. The molecule has 1 N–H and O–H groups in total. The number of hydrogen-bond acceptors (Lipinski definition) is 5. The van der Waals surface area contributed by atoms with Crippen LogP contribution in [0.1, 0.15) is 24.5 Å². The molecule has 1 heterocycles. The highest BCUT2D eigenvalue weighted by Gasteiger charge is 2.25. The number of nitrogens with zero attached hydrogens (tertiary/aromatic N) is 1. The van der Waals surface area contributed by atoms with Crippen molar-refractivity contribution in [1.29, 1.82) is 0 Å². The Balaban J connectivity index is 1.35. The van der Waals surface area contributed by atoms with Gasteiger partial charge in [0.15, 0.2) is 6.61 Å². The quantitative estimate of drug-likeness (QED) is 0.429. The number of nitrogens with one attached hydrogen (secondary N) is 1. The molecule has 0 bridgehead atoms. The van der Waals surface area contributed by atoms with Crippen LogP contribution in [0.3, 0.4) is 0 Å². The van der Waals surface area contributed by atoms with Gasteiger partial charge in [0.25, 0.3) is 5.91 Å². The van der Waals surface area contributed by atoms with Gasteiger partial charge in [-0.05, 0) is 68.3 Å². The number of hydrogen-bond donors (Lipinski definition) is 1. The van der Waals surface area contributed by atoms with Crippen LogP contribution in [0.25, 0.3) is 0 Å². The molecule has 0 unspecified atom stereocenters. The van der Waals surface area contributed by atoms with Gasteiger partial charge in [0.05, 0.1) is 25.3 Å². The highest BCUT2D eigenvalue weighted by atomic mass is 16.5. The molecule has 182 valence electrons. The molecule has 7 nitrogen and oxygen atoms in total. The Hall–Kier alpha value is -4.00. The summed E-state index contributed by atoms with van der Waals surface area (Å²) in [5.74, 6) is 1.94. The minimum Gasteiger partial charge on any atom is -0.494 e. The van der Waals surface area contributed by atoms with Crippen molar-refractivity contribution >= 4 is 23.2 Å². The smallest absolute Gasteiger partial charge is 0.265 e. The number of amides is 2. The molecule has 0 atom stereocenters. The van der Waals surface area contributed by atoms with Crippen LogP contribution in [-0.4, -0.2) is 38.2 Å². The minimum atomic E-state index is -0.143. The van der Waals surface area contributed by atoms with Crippen molar-refractivity contribution in [2.24, 2.45) is 0 Å². The summed E-state index contributed by atoms with van der Waals surface area (Å²) in [7, 11) is 0. The van der Waals surface area contributed by atoms with E-state index in [0.717, 1.165) is 17.1 Å². The molecule has 1 aliphatic heterocycles. The third-order valence-electron chi connectivity index (χ3n) is 5.60. The monoisotopic (exact) mass is 474 g/mol. The zero-order valence-corrected chi connectivity index (χ0v) is 20.1. The molecule has 0 saturated carbocycles. The predicted molar refractivity (Wildman–Crippen MR) is 136 cm³/mol. The molecule has 35 heavy (non-hydrogen) atoms. The first-order valence-corrected chi connectivity index (χ1v) is 11.8. The average molecular weight is 475 g/mol. The van der Waals surface area contributed by atoms with E-state index in [2.05, 4.69) is 5.32 Å².